The predicted octanol–water partition coefficient (Wildman–Crippen LogP) is 3.50. The fourth-order valence-electron chi connectivity index (χ4n) is 2.65. The van der Waals surface area contributed by atoms with Crippen LogP contribution >= 0.6 is 0 Å². The van der Waals surface area contributed by atoms with Crippen LogP contribution in [0.3, 0.4) is 0 Å². The minimum absolute atomic E-state index is 0.156. The van der Waals surface area contributed by atoms with Crippen molar-refractivity contribution in [3.63, 3.8) is 0 Å². The van der Waals surface area contributed by atoms with Gasteiger partial charge in [0.25, 0.3) is 0 Å². The molecule has 3 rings (SSSR count). The average Bonchev–Trinajstić information content (AvgIpc) is 2.87. The molecule has 2 aromatic rings. The Kier molecular flexibility index (Phi) is 3.65. The molecule has 3 heteroatoms. The highest BCUT2D eigenvalue weighted by Gasteiger charge is 2.29. The molecule has 1 saturated carbocycles. The molecule has 100 valence electrons. The van der Waals surface area contributed by atoms with Gasteiger partial charge in [0.15, 0.2) is 0 Å². The minimum atomic E-state index is -0.156. The summed E-state index contributed by atoms with van der Waals surface area (Å²) in [5.74, 6) is 1.46. The highest BCUT2D eigenvalue weighted by Crippen LogP contribution is 2.36. The molecule has 2 nitrogen and oxygen atoms in total. The lowest BCUT2D eigenvalue weighted by Gasteiger charge is -2.36. The number of benzene rings is 1. The summed E-state index contributed by atoms with van der Waals surface area (Å²) in [6.45, 7) is 0.953. The molecule has 0 aliphatic heterocycles. The van der Waals surface area contributed by atoms with Crippen molar-refractivity contribution in [2.45, 2.75) is 31.2 Å². The molecule has 0 atom stereocenters. The Bertz CT molecular complexity index is 500. The number of furan rings is 1. The van der Waals surface area contributed by atoms with Crippen molar-refractivity contribution in [3.05, 3.63) is 59.8 Å². The van der Waals surface area contributed by atoms with Crippen molar-refractivity contribution in [1.82, 2.24) is 5.32 Å². The van der Waals surface area contributed by atoms with Crippen LogP contribution in [0.2, 0.25) is 0 Å². The van der Waals surface area contributed by atoms with E-state index in [0.717, 1.165) is 31.6 Å². The molecule has 19 heavy (non-hydrogen) atoms. The second kappa shape index (κ2) is 5.57. The molecular formula is C16H18FNO. The summed E-state index contributed by atoms with van der Waals surface area (Å²) in [7, 11) is 0. The number of hydrogen-bond donors (Lipinski definition) is 1. The van der Waals surface area contributed by atoms with Gasteiger partial charge in [0.05, 0.1) is 6.26 Å². The van der Waals surface area contributed by atoms with E-state index in [1.807, 2.05) is 24.3 Å². The number of halogens is 1. The smallest absolute Gasteiger partial charge is 0.123 e. The Morgan fingerprint density at radius 1 is 1.16 bits per heavy atom. The molecule has 1 aliphatic rings. The van der Waals surface area contributed by atoms with Crippen LogP contribution in [0.25, 0.3) is 0 Å². The lowest BCUT2D eigenvalue weighted by molar-refractivity contribution is 0.290. The van der Waals surface area contributed by atoms with E-state index in [9.17, 15) is 4.39 Å². The third kappa shape index (κ3) is 3.04. The van der Waals surface area contributed by atoms with Crippen LogP contribution in [-0.2, 0) is 6.42 Å². The third-order valence-corrected chi connectivity index (χ3v) is 3.86. The molecule has 1 aliphatic carbocycles. The van der Waals surface area contributed by atoms with Gasteiger partial charge in [-0.1, -0.05) is 12.1 Å². The van der Waals surface area contributed by atoms with Crippen LogP contribution in [0.4, 0.5) is 4.39 Å². The van der Waals surface area contributed by atoms with Gasteiger partial charge in [0.1, 0.15) is 11.6 Å². The zero-order valence-corrected chi connectivity index (χ0v) is 10.8. The van der Waals surface area contributed by atoms with Gasteiger partial charge < -0.3 is 9.73 Å². The number of hydrogen-bond acceptors (Lipinski definition) is 2. The van der Waals surface area contributed by atoms with Crippen molar-refractivity contribution in [2.24, 2.45) is 0 Å². The van der Waals surface area contributed by atoms with E-state index in [1.54, 1.807) is 18.4 Å². The molecular weight excluding hydrogens is 241 g/mol. The van der Waals surface area contributed by atoms with Gasteiger partial charge >= 0.3 is 0 Å². The SMILES string of the molecule is Fc1ccc(C2CC(NCCc3ccco3)C2)cc1. The van der Waals surface area contributed by atoms with Gasteiger partial charge in [-0.15, -0.1) is 0 Å². The molecule has 0 saturated heterocycles. The second-order valence-electron chi connectivity index (χ2n) is 5.20. The average molecular weight is 259 g/mol. The molecule has 0 radical (unpaired) electrons. The maximum atomic E-state index is 12.8. The molecule has 0 bridgehead atoms. The Labute approximate surface area is 112 Å². The van der Waals surface area contributed by atoms with Crippen molar-refractivity contribution in [2.75, 3.05) is 6.54 Å². The van der Waals surface area contributed by atoms with Gasteiger partial charge in [-0.25, -0.2) is 4.39 Å². The van der Waals surface area contributed by atoms with E-state index in [0.29, 0.717) is 12.0 Å². The summed E-state index contributed by atoms with van der Waals surface area (Å²) in [6, 6.07) is 11.4. The highest BCUT2D eigenvalue weighted by atomic mass is 19.1. The molecule has 1 heterocycles. The van der Waals surface area contributed by atoms with Crippen molar-refractivity contribution >= 4 is 0 Å². The van der Waals surface area contributed by atoms with Crippen LogP contribution in [-0.4, -0.2) is 12.6 Å². The van der Waals surface area contributed by atoms with E-state index in [2.05, 4.69) is 5.32 Å². The van der Waals surface area contributed by atoms with E-state index in [-0.39, 0.29) is 5.82 Å². The summed E-state index contributed by atoms with van der Waals surface area (Å²) in [4.78, 5) is 0. The Morgan fingerprint density at radius 3 is 2.63 bits per heavy atom. The van der Waals surface area contributed by atoms with Gasteiger partial charge in [-0.3, -0.25) is 0 Å². The van der Waals surface area contributed by atoms with Crippen molar-refractivity contribution in [1.29, 1.82) is 0 Å². The first kappa shape index (κ1) is 12.4. The monoisotopic (exact) mass is 259 g/mol. The Morgan fingerprint density at radius 2 is 1.95 bits per heavy atom. The Balaban J connectivity index is 1.39. The summed E-state index contributed by atoms with van der Waals surface area (Å²) in [5.41, 5.74) is 1.26. The van der Waals surface area contributed by atoms with E-state index in [4.69, 9.17) is 4.42 Å². The number of nitrogens with one attached hydrogen (secondary N) is 1. The second-order valence-corrected chi connectivity index (χ2v) is 5.20. The van der Waals surface area contributed by atoms with Crippen LogP contribution in [0, 0.1) is 5.82 Å². The normalized spacial score (nSPS) is 22.2. The van der Waals surface area contributed by atoms with Crippen LogP contribution in [0.15, 0.2) is 47.1 Å². The molecule has 0 unspecified atom stereocenters. The van der Waals surface area contributed by atoms with Crippen LogP contribution < -0.4 is 5.32 Å². The quantitative estimate of drug-likeness (QED) is 0.889. The van der Waals surface area contributed by atoms with Crippen molar-refractivity contribution < 1.29 is 8.81 Å². The summed E-state index contributed by atoms with van der Waals surface area (Å²) in [5, 5.41) is 3.53. The molecule has 1 fully saturated rings. The van der Waals surface area contributed by atoms with Gasteiger partial charge in [-0.05, 0) is 48.6 Å². The predicted molar refractivity (Wildman–Crippen MR) is 72.6 cm³/mol. The lowest BCUT2D eigenvalue weighted by Crippen LogP contribution is -2.40. The first-order valence-corrected chi connectivity index (χ1v) is 6.82. The summed E-state index contributed by atoms with van der Waals surface area (Å²) in [6.07, 6.45) is 4.93. The maximum absolute atomic E-state index is 12.8. The van der Waals surface area contributed by atoms with Gasteiger partial charge in [0, 0.05) is 19.0 Å². The fourth-order valence-corrected chi connectivity index (χ4v) is 2.65. The van der Waals surface area contributed by atoms with E-state index < -0.39 is 0 Å². The highest BCUT2D eigenvalue weighted by molar-refractivity contribution is 5.23. The Hall–Kier alpha value is -1.61. The first-order chi connectivity index (χ1) is 9.31. The van der Waals surface area contributed by atoms with Gasteiger partial charge in [0.2, 0.25) is 0 Å². The zero-order chi connectivity index (χ0) is 13.1. The maximum Gasteiger partial charge on any atom is 0.123 e. The molecule has 1 aromatic heterocycles. The lowest BCUT2D eigenvalue weighted by atomic mass is 9.76. The van der Waals surface area contributed by atoms with Crippen LogP contribution in [0.1, 0.15) is 30.1 Å². The topological polar surface area (TPSA) is 25.2 Å². The largest absolute Gasteiger partial charge is 0.469 e. The third-order valence-electron chi connectivity index (χ3n) is 3.86. The fraction of sp³-hybridized carbons (Fsp3) is 0.375. The summed E-state index contributed by atoms with van der Waals surface area (Å²) >= 11 is 0. The molecule has 1 aromatic carbocycles. The molecule has 1 N–H and O–H groups in total. The number of rotatable bonds is 5. The van der Waals surface area contributed by atoms with E-state index >= 15 is 0 Å². The van der Waals surface area contributed by atoms with Crippen LogP contribution in [0.5, 0.6) is 0 Å². The molecule has 0 amide bonds. The summed E-state index contributed by atoms with van der Waals surface area (Å²) < 4.78 is 18.1. The van der Waals surface area contributed by atoms with Crippen molar-refractivity contribution in [3.8, 4) is 0 Å². The zero-order valence-electron chi connectivity index (χ0n) is 10.8. The molecule has 0 spiro atoms. The minimum Gasteiger partial charge on any atom is -0.469 e. The standard InChI is InChI=1S/C16H18FNO/c17-14-5-3-12(4-6-14)13-10-15(11-13)18-8-7-16-2-1-9-19-16/h1-6,9,13,15,18H,7-8,10-11H2. The van der Waals surface area contributed by atoms with Gasteiger partial charge in [-0.2, -0.15) is 0 Å². The van der Waals surface area contributed by atoms with E-state index in [1.165, 1.54) is 5.56 Å². The first-order valence-electron chi connectivity index (χ1n) is 6.82.